The third-order valence-corrected chi connectivity index (χ3v) is 2.99. The fourth-order valence-electron chi connectivity index (χ4n) is 1.72. The lowest BCUT2D eigenvalue weighted by atomic mass is 9.96. The molecule has 0 aliphatic heterocycles. The molecule has 2 nitrogen and oxygen atoms in total. The molecule has 0 saturated carbocycles. The zero-order valence-electron chi connectivity index (χ0n) is 10.3. The molecule has 1 aromatic rings. The van der Waals surface area contributed by atoms with Gasteiger partial charge in [-0.3, -0.25) is 0 Å². The zero-order chi connectivity index (χ0) is 11.4. The second kappa shape index (κ2) is 5.17. The maximum atomic E-state index is 5.54. The van der Waals surface area contributed by atoms with Gasteiger partial charge < -0.3 is 9.47 Å². The van der Waals surface area contributed by atoms with Crippen LogP contribution in [0, 0.1) is 20.8 Å². The van der Waals surface area contributed by atoms with Crippen molar-refractivity contribution < 1.29 is 9.47 Å². The molecule has 0 heterocycles. The summed E-state index contributed by atoms with van der Waals surface area (Å²) in [6.45, 7) is 8.88. The molecule has 15 heavy (non-hydrogen) atoms. The van der Waals surface area contributed by atoms with Crippen LogP contribution in [0.5, 0.6) is 5.75 Å². The van der Waals surface area contributed by atoms with Gasteiger partial charge >= 0.3 is 0 Å². The van der Waals surface area contributed by atoms with E-state index < -0.39 is 0 Å². The summed E-state index contributed by atoms with van der Waals surface area (Å²) in [6, 6.07) is 2.12. The Labute approximate surface area is 92.2 Å². The SMILES string of the molecule is CCc1cc(OCOC)c(C)c(C)c1C. The van der Waals surface area contributed by atoms with Crippen molar-refractivity contribution in [1.29, 1.82) is 0 Å². The van der Waals surface area contributed by atoms with E-state index in [9.17, 15) is 0 Å². The van der Waals surface area contributed by atoms with Crippen molar-refractivity contribution in [1.82, 2.24) is 0 Å². The first-order chi connectivity index (χ1) is 7.11. The number of hydrogen-bond acceptors (Lipinski definition) is 2. The minimum Gasteiger partial charge on any atom is -0.467 e. The second-order valence-electron chi connectivity index (χ2n) is 3.81. The van der Waals surface area contributed by atoms with Crippen molar-refractivity contribution in [2.45, 2.75) is 34.1 Å². The molecule has 0 saturated heterocycles. The van der Waals surface area contributed by atoms with Crippen LogP contribution >= 0.6 is 0 Å². The smallest absolute Gasteiger partial charge is 0.188 e. The van der Waals surface area contributed by atoms with Crippen LogP contribution in [0.1, 0.15) is 29.2 Å². The number of rotatable bonds is 4. The zero-order valence-corrected chi connectivity index (χ0v) is 10.3. The topological polar surface area (TPSA) is 18.5 Å². The van der Waals surface area contributed by atoms with E-state index in [1.54, 1.807) is 7.11 Å². The Kier molecular flexibility index (Phi) is 4.15. The fraction of sp³-hybridized carbons (Fsp3) is 0.538. The van der Waals surface area contributed by atoms with E-state index in [4.69, 9.17) is 9.47 Å². The summed E-state index contributed by atoms with van der Waals surface area (Å²) in [7, 11) is 1.64. The van der Waals surface area contributed by atoms with Gasteiger partial charge in [0.25, 0.3) is 0 Å². The molecule has 0 N–H and O–H groups in total. The summed E-state index contributed by atoms with van der Waals surface area (Å²) in [5.41, 5.74) is 5.26. The van der Waals surface area contributed by atoms with Crippen LogP contribution in [0.3, 0.4) is 0 Å². The molecular weight excluding hydrogens is 188 g/mol. The molecule has 0 fully saturated rings. The molecule has 0 aliphatic carbocycles. The molecule has 0 spiro atoms. The van der Waals surface area contributed by atoms with E-state index >= 15 is 0 Å². The normalized spacial score (nSPS) is 10.5. The lowest BCUT2D eigenvalue weighted by Crippen LogP contribution is -2.03. The van der Waals surface area contributed by atoms with Crippen LogP contribution in [0.4, 0.5) is 0 Å². The van der Waals surface area contributed by atoms with Crippen molar-refractivity contribution in [2.75, 3.05) is 13.9 Å². The van der Waals surface area contributed by atoms with Gasteiger partial charge in [-0.05, 0) is 55.5 Å². The Morgan fingerprint density at radius 2 is 1.73 bits per heavy atom. The molecule has 1 rings (SSSR count). The van der Waals surface area contributed by atoms with Crippen LogP contribution < -0.4 is 4.74 Å². The van der Waals surface area contributed by atoms with Gasteiger partial charge in [0.05, 0.1) is 0 Å². The van der Waals surface area contributed by atoms with Gasteiger partial charge in [-0.2, -0.15) is 0 Å². The molecule has 0 radical (unpaired) electrons. The van der Waals surface area contributed by atoms with Gasteiger partial charge in [0, 0.05) is 7.11 Å². The van der Waals surface area contributed by atoms with E-state index in [2.05, 4.69) is 33.8 Å². The van der Waals surface area contributed by atoms with Gasteiger partial charge in [-0.15, -0.1) is 0 Å². The molecular formula is C13H20O2. The summed E-state index contributed by atoms with van der Waals surface area (Å²) < 4.78 is 10.5. The molecule has 1 aromatic carbocycles. The van der Waals surface area contributed by atoms with Gasteiger partial charge in [-0.25, -0.2) is 0 Å². The Balaban J connectivity index is 3.11. The predicted octanol–water partition coefficient (Wildman–Crippen LogP) is 3.16. The van der Waals surface area contributed by atoms with Crippen LogP contribution in [0.15, 0.2) is 6.07 Å². The average molecular weight is 208 g/mol. The lowest BCUT2D eigenvalue weighted by Gasteiger charge is -2.15. The predicted molar refractivity (Wildman–Crippen MR) is 62.5 cm³/mol. The maximum Gasteiger partial charge on any atom is 0.188 e. The van der Waals surface area contributed by atoms with E-state index in [0.717, 1.165) is 12.2 Å². The lowest BCUT2D eigenvalue weighted by molar-refractivity contribution is 0.0505. The molecule has 0 atom stereocenters. The molecule has 84 valence electrons. The maximum absolute atomic E-state index is 5.54. The molecule has 0 unspecified atom stereocenters. The highest BCUT2D eigenvalue weighted by Crippen LogP contribution is 2.27. The van der Waals surface area contributed by atoms with Crippen LogP contribution in [-0.4, -0.2) is 13.9 Å². The van der Waals surface area contributed by atoms with Crippen molar-refractivity contribution in [3.8, 4) is 5.75 Å². The van der Waals surface area contributed by atoms with Crippen LogP contribution in [0.25, 0.3) is 0 Å². The van der Waals surface area contributed by atoms with Gasteiger partial charge in [0.15, 0.2) is 6.79 Å². The Hall–Kier alpha value is -1.02. The third kappa shape index (κ3) is 2.51. The summed E-state index contributed by atoms with van der Waals surface area (Å²) in [4.78, 5) is 0. The quantitative estimate of drug-likeness (QED) is 0.708. The Bertz CT molecular complexity index is 343. The van der Waals surface area contributed by atoms with Crippen molar-refractivity contribution in [3.63, 3.8) is 0 Å². The Morgan fingerprint density at radius 1 is 1.07 bits per heavy atom. The van der Waals surface area contributed by atoms with Crippen LogP contribution in [-0.2, 0) is 11.2 Å². The van der Waals surface area contributed by atoms with E-state index in [-0.39, 0.29) is 0 Å². The van der Waals surface area contributed by atoms with Crippen molar-refractivity contribution in [3.05, 3.63) is 28.3 Å². The molecule has 0 aromatic heterocycles. The number of methoxy groups -OCH3 is 1. The average Bonchev–Trinajstić information content (AvgIpc) is 2.25. The van der Waals surface area contributed by atoms with Gasteiger partial charge in [0.2, 0.25) is 0 Å². The number of ether oxygens (including phenoxy) is 2. The minimum absolute atomic E-state index is 0.312. The highest BCUT2D eigenvalue weighted by molar-refractivity contribution is 5.47. The number of aryl methyl sites for hydroxylation is 1. The highest BCUT2D eigenvalue weighted by Gasteiger charge is 2.09. The van der Waals surface area contributed by atoms with E-state index in [0.29, 0.717) is 6.79 Å². The summed E-state index contributed by atoms with van der Waals surface area (Å²) >= 11 is 0. The first kappa shape index (κ1) is 12.1. The first-order valence-corrected chi connectivity index (χ1v) is 5.33. The van der Waals surface area contributed by atoms with Crippen molar-refractivity contribution in [2.24, 2.45) is 0 Å². The Morgan fingerprint density at radius 3 is 2.27 bits per heavy atom. The van der Waals surface area contributed by atoms with E-state index in [1.807, 2.05) is 0 Å². The molecule has 0 bridgehead atoms. The first-order valence-electron chi connectivity index (χ1n) is 5.33. The second-order valence-corrected chi connectivity index (χ2v) is 3.81. The summed E-state index contributed by atoms with van der Waals surface area (Å²) in [6.07, 6.45) is 1.04. The standard InChI is InChI=1S/C13H20O2/c1-6-12-7-13(15-8-14-5)11(4)9(2)10(12)3/h7H,6,8H2,1-5H3. The largest absolute Gasteiger partial charge is 0.467 e. The minimum atomic E-state index is 0.312. The van der Waals surface area contributed by atoms with E-state index in [1.165, 1.54) is 22.3 Å². The molecule has 2 heteroatoms. The van der Waals surface area contributed by atoms with Gasteiger partial charge in [-0.1, -0.05) is 6.92 Å². The van der Waals surface area contributed by atoms with Crippen molar-refractivity contribution >= 4 is 0 Å². The third-order valence-electron chi connectivity index (χ3n) is 2.99. The highest BCUT2D eigenvalue weighted by atomic mass is 16.7. The number of hydrogen-bond donors (Lipinski definition) is 0. The molecule has 0 aliphatic rings. The fourth-order valence-corrected chi connectivity index (χ4v) is 1.72. The summed E-state index contributed by atoms with van der Waals surface area (Å²) in [5, 5.41) is 0. The van der Waals surface area contributed by atoms with Gasteiger partial charge in [0.1, 0.15) is 5.75 Å². The van der Waals surface area contributed by atoms with Crippen LogP contribution in [0.2, 0.25) is 0 Å². The summed E-state index contributed by atoms with van der Waals surface area (Å²) in [5.74, 6) is 0.941. The monoisotopic (exact) mass is 208 g/mol. The molecule has 0 amide bonds. The number of benzene rings is 1.